The molecule has 82 heavy (non-hydrogen) atoms. The predicted octanol–water partition coefficient (Wildman–Crippen LogP) is 3.47. The quantitative estimate of drug-likeness (QED) is 0.0465. The second-order valence-corrected chi connectivity index (χ2v) is 16.9. The molecule has 0 spiro atoms. The summed E-state index contributed by atoms with van der Waals surface area (Å²) in [6.45, 7) is 19.2. The fourth-order valence-corrected chi connectivity index (χ4v) is 6.16. The molecule has 0 aliphatic rings. The van der Waals surface area contributed by atoms with E-state index in [1.807, 2.05) is 24.3 Å². The molecule has 0 amide bonds. The first kappa shape index (κ1) is 73.6. The maximum absolute atomic E-state index is 5.70. The van der Waals surface area contributed by atoms with E-state index in [0.717, 1.165) is 11.5 Å². The molecule has 3 rings (SSSR count). The van der Waals surface area contributed by atoms with Crippen LogP contribution >= 0.6 is 0 Å². The van der Waals surface area contributed by atoms with E-state index in [1.165, 1.54) is 0 Å². The zero-order chi connectivity index (χ0) is 58.5. The van der Waals surface area contributed by atoms with Gasteiger partial charge in [-0.15, -0.1) is 0 Å². The van der Waals surface area contributed by atoms with Crippen molar-refractivity contribution >= 4 is 22.7 Å². The maximum atomic E-state index is 5.70. The summed E-state index contributed by atoms with van der Waals surface area (Å²) in [5, 5.41) is 0. The first-order valence-corrected chi connectivity index (χ1v) is 28.0. The molecule has 0 aliphatic carbocycles. The van der Waals surface area contributed by atoms with Gasteiger partial charge in [0.2, 0.25) is 0 Å². The SMILES string of the molecule is COCCOCCOCCOCCOCCOCCOCCOc1cc(N)cc(N)c1.Nc1ccc(OCCOCCOCCOCCOCCOCCOCCOCCOCCOCCOCCOCCOc2ccc(N)cc2)cc1. The van der Waals surface area contributed by atoms with E-state index in [9.17, 15) is 0 Å². The number of benzene rings is 3. The van der Waals surface area contributed by atoms with Crippen molar-refractivity contribution in [2.45, 2.75) is 0 Å². The van der Waals surface area contributed by atoms with E-state index in [2.05, 4.69) is 0 Å². The van der Waals surface area contributed by atoms with Gasteiger partial charge in [0.15, 0.2) is 0 Å². The van der Waals surface area contributed by atoms with Gasteiger partial charge in [-0.3, -0.25) is 0 Å². The Morgan fingerprint density at radius 3 is 0.561 bits per heavy atom. The van der Waals surface area contributed by atoms with Crippen LogP contribution in [0.2, 0.25) is 0 Å². The van der Waals surface area contributed by atoms with Crippen LogP contribution in [0, 0.1) is 0 Å². The van der Waals surface area contributed by atoms with Crippen LogP contribution < -0.4 is 37.1 Å². The zero-order valence-corrected chi connectivity index (χ0v) is 48.6. The molecule has 3 aromatic rings. The van der Waals surface area contributed by atoms with Crippen LogP contribution in [0.4, 0.5) is 22.7 Å². The number of nitrogen functional groups attached to an aromatic ring is 4. The van der Waals surface area contributed by atoms with E-state index in [0.29, 0.717) is 280 Å². The summed E-state index contributed by atoms with van der Waals surface area (Å²) < 4.78 is 114. The van der Waals surface area contributed by atoms with Gasteiger partial charge in [0.05, 0.1) is 231 Å². The number of rotatable bonds is 60. The zero-order valence-electron chi connectivity index (χ0n) is 48.6. The topological polar surface area (TPSA) is 298 Å². The van der Waals surface area contributed by atoms with Gasteiger partial charge in [0, 0.05) is 42.0 Å². The fourth-order valence-electron chi connectivity index (χ4n) is 6.16. The van der Waals surface area contributed by atoms with E-state index in [1.54, 1.807) is 49.6 Å². The van der Waals surface area contributed by atoms with Crippen molar-refractivity contribution in [1.29, 1.82) is 0 Å². The van der Waals surface area contributed by atoms with Crippen molar-refractivity contribution in [3.8, 4) is 17.2 Å². The summed E-state index contributed by atoms with van der Waals surface area (Å²) in [6.07, 6.45) is 0. The van der Waals surface area contributed by atoms with Crippen molar-refractivity contribution in [3.63, 3.8) is 0 Å². The van der Waals surface area contributed by atoms with Gasteiger partial charge < -0.3 is 122 Å². The molecule has 0 heterocycles. The molecule has 0 unspecified atom stereocenters. The van der Waals surface area contributed by atoms with E-state index < -0.39 is 0 Å². The molecule has 25 heteroatoms. The lowest BCUT2D eigenvalue weighted by atomic mass is 10.3. The first-order chi connectivity index (χ1) is 40.5. The van der Waals surface area contributed by atoms with Gasteiger partial charge in [-0.05, 0) is 54.6 Å². The van der Waals surface area contributed by atoms with Gasteiger partial charge in [-0.2, -0.15) is 0 Å². The van der Waals surface area contributed by atoms with Gasteiger partial charge in [-0.25, -0.2) is 0 Å². The van der Waals surface area contributed by atoms with Crippen molar-refractivity contribution in [2.24, 2.45) is 0 Å². The number of ether oxygens (including phenoxy) is 21. The molecule has 3 aromatic carbocycles. The fraction of sp³-hybridized carbons (Fsp3) is 0.684. The number of hydrogen-bond acceptors (Lipinski definition) is 25. The molecule has 0 bridgehead atoms. The second kappa shape index (κ2) is 58.3. The molecule has 0 atom stereocenters. The smallest absolute Gasteiger partial charge is 0.123 e. The lowest BCUT2D eigenvalue weighted by Gasteiger charge is -2.09. The number of anilines is 4. The Balaban J connectivity index is 0.000000632. The lowest BCUT2D eigenvalue weighted by molar-refractivity contribution is -0.0279. The summed E-state index contributed by atoms with van der Waals surface area (Å²) in [5.74, 6) is 2.17. The Labute approximate surface area is 486 Å². The second-order valence-electron chi connectivity index (χ2n) is 16.9. The van der Waals surface area contributed by atoms with Crippen LogP contribution in [0.15, 0.2) is 66.7 Å². The summed E-state index contributed by atoms with van der Waals surface area (Å²) >= 11 is 0. The first-order valence-electron chi connectivity index (χ1n) is 28.0. The Hall–Kier alpha value is -4.46. The van der Waals surface area contributed by atoms with Gasteiger partial charge in [0.1, 0.15) is 37.1 Å². The highest BCUT2D eigenvalue weighted by molar-refractivity contribution is 5.56. The molecule has 0 radical (unpaired) electrons. The monoisotopic (exact) mass is 1170 g/mol. The molecule has 0 saturated heterocycles. The Kier molecular flexibility index (Phi) is 52.4. The molecule has 0 aromatic heterocycles. The highest BCUT2D eigenvalue weighted by Crippen LogP contribution is 2.20. The molecule has 25 nitrogen and oxygen atoms in total. The van der Waals surface area contributed by atoms with Crippen molar-refractivity contribution in [1.82, 2.24) is 0 Å². The Bertz CT molecular complexity index is 1680. The van der Waals surface area contributed by atoms with Crippen LogP contribution in [0.5, 0.6) is 17.2 Å². The van der Waals surface area contributed by atoms with Crippen molar-refractivity contribution in [2.75, 3.05) is 281 Å². The highest BCUT2D eigenvalue weighted by atomic mass is 16.6. The minimum Gasteiger partial charge on any atom is -0.491 e. The van der Waals surface area contributed by atoms with E-state index >= 15 is 0 Å². The summed E-state index contributed by atoms with van der Waals surface area (Å²) in [7, 11) is 1.64. The third-order valence-electron chi connectivity index (χ3n) is 10.2. The number of methoxy groups -OCH3 is 1. The Morgan fingerprint density at radius 2 is 0.366 bits per heavy atom. The third kappa shape index (κ3) is 51.2. The third-order valence-corrected chi connectivity index (χ3v) is 10.2. The minimum absolute atomic E-state index is 0.416. The summed E-state index contributed by atoms with van der Waals surface area (Å²) in [6, 6.07) is 19.6. The summed E-state index contributed by atoms with van der Waals surface area (Å²) in [4.78, 5) is 0. The van der Waals surface area contributed by atoms with E-state index in [-0.39, 0.29) is 0 Å². The van der Waals surface area contributed by atoms with Crippen LogP contribution in [0.3, 0.4) is 0 Å². The largest absolute Gasteiger partial charge is 0.491 e. The van der Waals surface area contributed by atoms with Crippen LogP contribution in [0.25, 0.3) is 0 Å². The normalized spacial score (nSPS) is 11.2. The average molecular weight is 1180 g/mol. The molecule has 0 aliphatic heterocycles. The minimum atomic E-state index is 0.416. The standard InChI is InChI=1S/C36H60N2O13.C21H38N2O8/c37-33-1-5-35(6-2-33)50-31-29-48-27-25-46-23-21-44-19-17-42-15-13-40-11-9-39-10-12-41-14-16-43-18-20-45-22-24-47-26-28-49-30-32-51-36-7-3-34(38)4-8-36;1-24-2-3-25-4-5-26-6-7-27-8-9-28-10-11-29-12-13-30-14-15-31-21-17-19(22)16-20(23)18-21/h1-8H,9-32,37-38H2;16-18H,2-15,22-23H2,1H3. The predicted molar refractivity (Wildman–Crippen MR) is 309 cm³/mol. The average Bonchev–Trinajstić information content (AvgIpc) is 3.47. The maximum Gasteiger partial charge on any atom is 0.123 e. The van der Waals surface area contributed by atoms with Gasteiger partial charge in [0.25, 0.3) is 0 Å². The molecule has 0 fully saturated rings. The van der Waals surface area contributed by atoms with Crippen LogP contribution in [0.1, 0.15) is 0 Å². The van der Waals surface area contributed by atoms with Crippen LogP contribution in [-0.2, 0) is 85.3 Å². The van der Waals surface area contributed by atoms with Crippen molar-refractivity contribution in [3.05, 3.63) is 66.7 Å². The van der Waals surface area contributed by atoms with Gasteiger partial charge in [-0.1, -0.05) is 0 Å². The van der Waals surface area contributed by atoms with Gasteiger partial charge >= 0.3 is 0 Å². The number of nitrogens with two attached hydrogens (primary N) is 4. The lowest BCUT2D eigenvalue weighted by Crippen LogP contribution is -2.15. The molecule has 8 N–H and O–H groups in total. The van der Waals surface area contributed by atoms with Crippen LogP contribution in [-0.4, -0.2) is 258 Å². The number of hydrogen-bond donors (Lipinski definition) is 4. The van der Waals surface area contributed by atoms with Crippen molar-refractivity contribution < 1.29 is 99.5 Å². The molecule has 472 valence electrons. The molecule has 0 saturated carbocycles. The summed E-state index contributed by atoms with van der Waals surface area (Å²) in [5.41, 5.74) is 25.3. The highest BCUT2D eigenvalue weighted by Gasteiger charge is 2.02. The van der Waals surface area contributed by atoms with E-state index in [4.69, 9.17) is 122 Å². The molecular weight excluding hydrogens is 1080 g/mol. The Morgan fingerprint density at radius 1 is 0.195 bits per heavy atom. The molecular formula is C57H98N4O21.